The molecule has 0 radical (unpaired) electrons. The molecule has 0 heterocycles. The van der Waals surface area contributed by atoms with Crippen molar-refractivity contribution in [2.45, 2.75) is 65.7 Å². The molecule has 0 aromatic heterocycles. The summed E-state index contributed by atoms with van der Waals surface area (Å²) in [5.41, 5.74) is 4.26. The van der Waals surface area contributed by atoms with Gasteiger partial charge < -0.3 is 14.6 Å². The van der Waals surface area contributed by atoms with Gasteiger partial charge in [0, 0.05) is 19.3 Å². The van der Waals surface area contributed by atoms with Crippen molar-refractivity contribution in [1.82, 2.24) is 0 Å². The van der Waals surface area contributed by atoms with Gasteiger partial charge in [-0.3, -0.25) is 9.59 Å². The van der Waals surface area contributed by atoms with E-state index in [1.807, 2.05) is 74.5 Å². The number of aryl methyl sites for hydroxylation is 2. The molecular formula is C30H34O5. The molecule has 1 unspecified atom stereocenters. The van der Waals surface area contributed by atoms with E-state index >= 15 is 0 Å². The first-order chi connectivity index (χ1) is 16.3. The first-order valence-electron chi connectivity index (χ1n) is 11.7. The van der Waals surface area contributed by atoms with Crippen LogP contribution >= 0.6 is 0 Å². The number of benzene rings is 3. The Labute approximate surface area is 207 Å². The molecule has 184 valence electrons. The zero-order valence-electron chi connectivity index (χ0n) is 21.6. The average molecular weight is 475 g/mol. The van der Waals surface area contributed by atoms with Gasteiger partial charge in [-0.2, -0.15) is 0 Å². The van der Waals surface area contributed by atoms with Crippen LogP contribution in [0.15, 0.2) is 60.7 Å². The lowest BCUT2D eigenvalue weighted by molar-refractivity contribution is -0.132. The summed E-state index contributed by atoms with van der Waals surface area (Å²) < 4.78 is 10.4. The van der Waals surface area contributed by atoms with Gasteiger partial charge in [-0.25, -0.2) is 0 Å². The van der Waals surface area contributed by atoms with Crippen LogP contribution in [0.2, 0.25) is 0 Å². The molecule has 1 atom stereocenters. The van der Waals surface area contributed by atoms with Crippen molar-refractivity contribution in [1.29, 1.82) is 0 Å². The van der Waals surface area contributed by atoms with Crippen molar-refractivity contribution >= 4 is 11.9 Å². The summed E-state index contributed by atoms with van der Waals surface area (Å²) in [6.45, 7) is 13.2. The second kappa shape index (κ2) is 9.95. The molecule has 1 N–H and O–H groups in total. The summed E-state index contributed by atoms with van der Waals surface area (Å²) in [6, 6.07) is 19.3. The van der Waals surface area contributed by atoms with E-state index in [0.29, 0.717) is 17.2 Å². The van der Waals surface area contributed by atoms with Crippen LogP contribution < -0.4 is 9.47 Å². The molecule has 0 aliphatic heterocycles. The molecule has 0 saturated carbocycles. The fourth-order valence-electron chi connectivity index (χ4n) is 4.83. The average Bonchev–Trinajstić information content (AvgIpc) is 2.76. The van der Waals surface area contributed by atoms with E-state index in [-0.39, 0.29) is 17.4 Å². The number of carbonyl (C=O) groups is 2. The van der Waals surface area contributed by atoms with E-state index in [4.69, 9.17) is 9.47 Å². The van der Waals surface area contributed by atoms with Gasteiger partial charge in [-0.1, -0.05) is 57.2 Å². The number of phenolic OH excluding ortho intramolecular Hbond substituents is 1. The summed E-state index contributed by atoms with van der Waals surface area (Å²) >= 11 is 0. The Morgan fingerprint density at radius 2 is 1.11 bits per heavy atom. The van der Waals surface area contributed by atoms with E-state index in [1.54, 1.807) is 0 Å². The molecule has 0 aliphatic rings. The number of rotatable bonds is 7. The lowest BCUT2D eigenvalue weighted by atomic mass is 9.64. The van der Waals surface area contributed by atoms with E-state index in [2.05, 4.69) is 20.8 Å². The third-order valence-corrected chi connectivity index (χ3v) is 6.57. The van der Waals surface area contributed by atoms with Crippen LogP contribution in [0.3, 0.4) is 0 Å². The number of hydrogen-bond donors (Lipinski definition) is 1. The fourth-order valence-corrected chi connectivity index (χ4v) is 4.83. The molecule has 0 spiro atoms. The highest BCUT2D eigenvalue weighted by molar-refractivity contribution is 5.69. The predicted molar refractivity (Wildman–Crippen MR) is 137 cm³/mol. The highest BCUT2D eigenvalue weighted by Crippen LogP contribution is 2.45. The lowest BCUT2D eigenvalue weighted by Crippen LogP contribution is -2.33. The number of esters is 2. The molecule has 5 heteroatoms. The zero-order valence-corrected chi connectivity index (χ0v) is 21.6. The lowest BCUT2D eigenvalue weighted by Gasteiger charge is -2.39. The van der Waals surface area contributed by atoms with Crippen molar-refractivity contribution in [3.8, 4) is 17.2 Å². The fraction of sp³-hybridized carbons (Fsp3) is 0.333. The number of phenols is 1. The molecule has 3 aromatic carbocycles. The van der Waals surface area contributed by atoms with Crippen molar-refractivity contribution in [3.63, 3.8) is 0 Å². The minimum atomic E-state index is -0.421. The Hall–Kier alpha value is -3.60. The van der Waals surface area contributed by atoms with Crippen molar-refractivity contribution < 1.29 is 24.2 Å². The molecular weight excluding hydrogens is 440 g/mol. The normalized spacial score (nSPS) is 13.1. The molecule has 0 bridgehead atoms. The minimum Gasteiger partial charge on any atom is -0.507 e. The number of carbonyl (C=O) groups excluding carboxylic acids is 2. The van der Waals surface area contributed by atoms with E-state index in [0.717, 1.165) is 34.2 Å². The number of ether oxygens (including phenoxy) is 2. The molecule has 3 rings (SSSR count). The first-order valence-corrected chi connectivity index (χ1v) is 11.7. The maximum atomic E-state index is 11.4. The van der Waals surface area contributed by atoms with E-state index in [1.165, 1.54) is 13.8 Å². The highest BCUT2D eigenvalue weighted by atomic mass is 16.5. The van der Waals surface area contributed by atoms with Crippen LogP contribution in [0.5, 0.6) is 17.2 Å². The van der Waals surface area contributed by atoms with Crippen LogP contribution in [0.4, 0.5) is 0 Å². The molecule has 0 saturated heterocycles. The van der Waals surface area contributed by atoms with Crippen LogP contribution in [0.25, 0.3) is 0 Å². The molecule has 35 heavy (non-hydrogen) atoms. The minimum absolute atomic E-state index is 0.252. The quantitative estimate of drug-likeness (QED) is 0.311. The van der Waals surface area contributed by atoms with Gasteiger partial charge in [0.1, 0.15) is 17.2 Å². The highest BCUT2D eigenvalue weighted by Gasteiger charge is 2.37. The first kappa shape index (κ1) is 26.0. The van der Waals surface area contributed by atoms with Crippen molar-refractivity contribution in [2.75, 3.05) is 0 Å². The monoisotopic (exact) mass is 474 g/mol. The molecule has 0 aliphatic carbocycles. The maximum Gasteiger partial charge on any atom is 0.308 e. The second-order valence-electron chi connectivity index (χ2n) is 10.1. The van der Waals surface area contributed by atoms with E-state index < -0.39 is 5.41 Å². The summed E-state index contributed by atoms with van der Waals surface area (Å²) in [7, 11) is 0. The smallest absolute Gasteiger partial charge is 0.308 e. The van der Waals surface area contributed by atoms with Crippen molar-refractivity contribution in [2.24, 2.45) is 0 Å². The van der Waals surface area contributed by atoms with Gasteiger partial charge in [-0.05, 0) is 77.8 Å². The third-order valence-electron chi connectivity index (χ3n) is 6.57. The molecule has 0 amide bonds. The summed E-state index contributed by atoms with van der Waals surface area (Å²) in [5.74, 6) is 0.623. The Kier molecular flexibility index (Phi) is 7.39. The Morgan fingerprint density at radius 3 is 1.51 bits per heavy atom. The van der Waals surface area contributed by atoms with Gasteiger partial charge in [0.15, 0.2) is 0 Å². The maximum absolute atomic E-state index is 11.4. The van der Waals surface area contributed by atoms with Crippen molar-refractivity contribution in [3.05, 3.63) is 88.5 Å². The Balaban J connectivity index is 2.07. The molecule has 3 aromatic rings. The number of hydrogen-bond acceptors (Lipinski definition) is 5. The Morgan fingerprint density at radius 1 is 0.714 bits per heavy atom. The largest absolute Gasteiger partial charge is 0.507 e. The van der Waals surface area contributed by atoms with Gasteiger partial charge in [0.25, 0.3) is 0 Å². The molecule has 0 fully saturated rings. The summed E-state index contributed by atoms with van der Waals surface area (Å²) in [4.78, 5) is 22.7. The summed E-state index contributed by atoms with van der Waals surface area (Å²) in [6.07, 6.45) is 0.753. The van der Waals surface area contributed by atoms with Crippen LogP contribution in [-0.4, -0.2) is 17.0 Å². The van der Waals surface area contributed by atoms with Crippen LogP contribution in [0, 0.1) is 13.8 Å². The van der Waals surface area contributed by atoms with Crippen LogP contribution in [0.1, 0.15) is 68.9 Å². The standard InChI is InChI=1S/C30H34O5/c1-19-16-25(17-20(2)28(19)33)30(7,24-10-14-27(15-11-24)35-22(4)32)18-29(5,6)23-8-12-26(13-9-23)34-21(3)31/h8-17,33H,18H2,1-7H3. The van der Waals surface area contributed by atoms with Gasteiger partial charge in [0.2, 0.25) is 0 Å². The zero-order chi connectivity index (χ0) is 26.0. The Bertz CT molecular complexity index is 1200. The predicted octanol–water partition coefficient (Wildman–Crippen LogP) is 6.53. The van der Waals surface area contributed by atoms with Gasteiger partial charge >= 0.3 is 11.9 Å². The molecule has 5 nitrogen and oxygen atoms in total. The third kappa shape index (κ3) is 5.91. The van der Waals surface area contributed by atoms with Gasteiger partial charge in [0.05, 0.1) is 0 Å². The SMILES string of the molecule is CC(=O)Oc1ccc(C(C)(C)CC(C)(c2ccc(OC(C)=O)cc2)c2cc(C)c(O)c(C)c2)cc1. The topological polar surface area (TPSA) is 72.8 Å². The van der Waals surface area contributed by atoms with Crippen LogP contribution in [-0.2, 0) is 20.4 Å². The second-order valence-corrected chi connectivity index (χ2v) is 10.1. The van der Waals surface area contributed by atoms with E-state index in [9.17, 15) is 14.7 Å². The summed E-state index contributed by atoms with van der Waals surface area (Å²) in [5, 5.41) is 10.4. The van der Waals surface area contributed by atoms with Gasteiger partial charge in [-0.15, -0.1) is 0 Å². The number of aromatic hydroxyl groups is 1.